The van der Waals surface area contributed by atoms with Crippen molar-refractivity contribution >= 4 is 34.6 Å². The van der Waals surface area contributed by atoms with Gasteiger partial charge in [-0.15, -0.1) is 0 Å². The number of carbonyl (C=O) groups is 1. The van der Waals surface area contributed by atoms with Gasteiger partial charge in [0.2, 0.25) is 0 Å². The van der Waals surface area contributed by atoms with Crippen LogP contribution in [0.25, 0.3) is 6.08 Å². The third-order valence-corrected chi connectivity index (χ3v) is 3.85. The van der Waals surface area contributed by atoms with E-state index in [1.54, 1.807) is 6.08 Å². The van der Waals surface area contributed by atoms with Crippen molar-refractivity contribution in [3.8, 4) is 11.5 Å². The minimum Gasteiger partial charge on any atom is -0.508 e. The Bertz CT molecular complexity index is 785. The van der Waals surface area contributed by atoms with Crippen LogP contribution in [0.15, 0.2) is 58.4 Å². The monoisotopic (exact) mass is 312 g/mol. The summed E-state index contributed by atoms with van der Waals surface area (Å²) in [7, 11) is 0. The standard InChI is InChI=1S/C16H12N2O3S/c19-12-7-6-10(13(20)9-12)8-14-15(21)18-16(22-14)17-11-4-2-1-3-5-11/h1-9,19-20H,(H,17,18,21)/b14-8+. The second-order valence-electron chi connectivity index (χ2n) is 4.56. The van der Waals surface area contributed by atoms with Gasteiger partial charge < -0.3 is 15.5 Å². The summed E-state index contributed by atoms with van der Waals surface area (Å²) in [4.78, 5) is 16.7. The number of aromatic hydroxyl groups is 2. The smallest absolute Gasteiger partial charge is 0.264 e. The summed E-state index contributed by atoms with van der Waals surface area (Å²) in [6.45, 7) is 0. The van der Waals surface area contributed by atoms with Gasteiger partial charge in [0, 0.05) is 11.6 Å². The van der Waals surface area contributed by atoms with Crippen LogP contribution in [-0.2, 0) is 4.79 Å². The van der Waals surface area contributed by atoms with Crippen LogP contribution in [0.3, 0.4) is 0 Å². The number of carbonyl (C=O) groups excluding carboxylic acids is 1. The number of phenolic OH excluding ortho intramolecular Hbond substituents is 2. The van der Waals surface area contributed by atoms with E-state index in [0.29, 0.717) is 15.6 Å². The third-order valence-electron chi connectivity index (χ3n) is 2.94. The first-order valence-corrected chi connectivity index (χ1v) is 7.30. The lowest BCUT2D eigenvalue weighted by Gasteiger charge is -2.00. The van der Waals surface area contributed by atoms with Crippen molar-refractivity contribution in [2.75, 3.05) is 0 Å². The van der Waals surface area contributed by atoms with Crippen molar-refractivity contribution in [1.29, 1.82) is 0 Å². The maximum Gasteiger partial charge on any atom is 0.264 e. The highest BCUT2D eigenvalue weighted by atomic mass is 32.2. The molecule has 0 radical (unpaired) electrons. The van der Waals surface area contributed by atoms with Crippen LogP contribution in [-0.4, -0.2) is 21.3 Å². The van der Waals surface area contributed by atoms with Crippen LogP contribution >= 0.6 is 11.8 Å². The zero-order valence-corrected chi connectivity index (χ0v) is 12.2. The Labute approximate surface area is 131 Å². The first-order chi connectivity index (χ1) is 10.6. The quantitative estimate of drug-likeness (QED) is 0.745. The third kappa shape index (κ3) is 3.12. The molecule has 5 nitrogen and oxygen atoms in total. The minimum absolute atomic E-state index is 0.0329. The number of hydrogen-bond donors (Lipinski definition) is 3. The lowest BCUT2D eigenvalue weighted by atomic mass is 10.2. The van der Waals surface area contributed by atoms with E-state index < -0.39 is 0 Å². The highest BCUT2D eigenvalue weighted by Crippen LogP contribution is 2.31. The van der Waals surface area contributed by atoms with E-state index >= 15 is 0 Å². The fraction of sp³-hybridized carbons (Fsp3) is 0. The van der Waals surface area contributed by atoms with Crippen LogP contribution in [0.5, 0.6) is 11.5 Å². The summed E-state index contributed by atoms with van der Waals surface area (Å²) in [5, 5.41) is 22.2. The number of rotatable bonds is 2. The Balaban J connectivity index is 1.86. The van der Waals surface area contributed by atoms with E-state index in [9.17, 15) is 15.0 Å². The maximum absolute atomic E-state index is 11.9. The summed E-state index contributed by atoms with van der Waals surface area (Å²) in [5.74, 6) is -0.393. The number of aliphatic imine (C=N–C) groups is 1. The largest absolute Gasteiger partial charge is 0.508 e. The summed E-state index contributed by atoms with van der Waals surface area (Å²) in [6, 6.07) is 13.5. The Morgan fingerprint density at radius 3 is 2.59 bits per heavy atom. The average molecular weight is 312 g/mol. The molecule has 3 N–H and O–H groups in total. The predicted octanol–water partition coefficient (Wildman–Crippen LogP) is 2.99. The van der Waals surface area contributed by atoms with Crippen LogP contribution in [0.1, 0.15) is 5.56 Å². The highest BCUT2D eigenvalue weighted by molar-refractivity contribution is 8.18. The molecule has 1 fully saturated rings. The molecule has 1 aliphatic rings. The second-order valence-corrected chi connectivity index (χ2v) is 5.59. The fourth-order valence-electron chi connectivity index (χ4n) is 1.90. The fourth-order valence-corrected chi connectivity index (χ4v) is 2.73. The molecule has 0 saturated carbocycles. The summed E-state index contributed by atoms with van der Waals surface area (Å²) < 4.78 is 0. The molecule has 0 unspecified atom stereocenters. The molecule has 1 amide bonds. The Hall–Kier alpha value is -2.73. The van der Waals surface area contributed by atoms with Gasteiger partial charge in [-0.1, -0.05) is 18.2 Å². The summed E-state index contributed by atoms with van der Waals surface area (Å²) in [5.41, 5.74) is 1.20. The molecule has 2 aromatic rings. The van der Waals surface area contributed by atoms with E-state index in [1.807, 2.05) is 30.3 Å². The number of amidine groups is 1. The number of para-hydroxylation sites is 1. The van der Waals surface area contributed by atoms with E-state index in [2.05, 4.69) is 10.3 Å². The van der Waals surface area contributed by atoms with E-state index in [1.165, 1.54) is 30.0 Å². The molecule has 0 atom stereocenters. The highest BCUT2D eigenvalue weighted by Gasteiger charge is 2.24. The average Bonchev–Trinajstić information content (AvgIpc) is 2.83. The van der Waals surface area contributed by atoms with Crippen LogP contribution < -0.4 is 5.32 Å². The normalized spacial score (nSPS) is 17.9. The van der Waals surface area contributed by atoms with Crippen molar-refractivity contribution in [3.05, 3.63) is 59.0 Å². The maximum atomic E-state index is 11.9. The van der Waals surface area contributed by atoms with Gasteiger partial charge in [0.05, 0.1) is 10.6 Å². The first-order valence-electron chi connectivity index (χ1n) is 6.48. The predicted molar refractivity (Wildman–Crippen MR) is 87.0 cm³/mol. The van der Waals surface area contributed by atoms with Crippen molar-refractivity contribution in [2.24, 2.45) is 4.99 Å². The molecule has 1 heterocycles. The molecule has 6 heteroatoms. The van der Waals surface area contributed by atoms with Gasteiger partial charge in [0.15, 0.2) is 5.17 Å². The van der Waals surface area contributed by atoms with Gasteiger partial charge in [-0.25, -0.2) is 4.99 Å². The molecule has 0 bridgehead atoms. The summed E-state index contributed by atoms with van der Waals surface area (Å²) >= 11 is 1.20. The Morgan fingerprint density at radius 1 is 1.09 bits per heavy atom. The van der Waals surface area contributed by atoms with Crippen molar-refractivity contribution < 1.29 is 15.0 Å². The topological polar surface area (TPSA) is 81.9 Å². The zero-order chi connectivity index (χ0) is 15.5. The summed E-state index contributed by atoms with van der Waals surface area (Å²) in [6.07, 6.45) is 1.56. The number of phenols is 2. The van der Waals surface area contributed by atoms with Crippen LogP contribution in [0, 0.1) is 0 Å². The molecule has 3 rings (SSSR count). The Kier molecular flexibility index (Phi) is 3.84. The lowest BCUT2D eigenvalue weighted by Crippen LogP contribution is -2.19. The zero-order valence-electron chi connectivity index (χ0n) is 11.4. The number of nitrogens with zero attached hydrogens (tertiary/aromatic N) is 1. The van der Waals surface area contributed by atoms with E-state index in [4.69, 9.17) is 0 Å². The molecular weight excluding hydrogens is 300 g/mol. The molecule has 1 aliphatic heterocycles. The molecular formula is C16H12N2O3S. The molecule has 0 aromatic heterocycles. The van der Waals surface area contributed by atoms with E-state index in [0.717, 1.165) is 5.69 Å². The second kappa shape index (κ2) is 5.95. The molecule has 110 valence electrons. The van der Waals surface area contributed by atoms with Crippen molar-refractivity contribution in [1.82, 2.24) is 5.32 Å². The van der Waals surface area contributed by atoms with Gasteiger partial charge in [0.25, 0.3) is 5.91 Å². The SMILES string of the molecule is O=C1N/C(=N/c2ccccc2)S/C1=C/c1ccc(O)cc1O. The molecule has 0 spiro atoms. The minimum atomic E-state index is -0.271. The van der Waals surface area contributed by atoms with Gasteiger partial charge in [0.1, 0.15) is 11.5 Å². The van der Waals surface area contributed by atoms with Gasteiger partial charge in [-0.2, -0.15) is 0 Å². The number of hydrogen-bond acceptors (Lipinski definition) is 5. The first kappa shape index (κ1) is 14.2. The molecule has 1 saturated heterocycles. The number of thioether (sulfide) groups is 1. The van der Waals surface area contributed by atoms with E-state index in [-0.39, 0.29) is 17.4 Å². The van der Waals surface area contributed by atoms with Crippen LogP contribution in [0.2, 0.25) is 0 Å². The van der Waals surface area contributed by atoms with Gasteiger partial charge >= 0.3 is 0 Å². The molecule has 22 heavy (non-hydrogen) atoms. The van der Waals surface area contributed by atoms with Crippen molar-refractivity contribution in [3.63, 3.8) is 0 Å². The molecule has 2 aromatic carbocycles. The number of benzene rings is 2. The van der Waals surface area contributed by atoms with Crippen LogP contribution in [0.4, 0.5) is 5.69 Å². The Morgan fingerprint density at radius 2 is 1.86 bits per heavy atom. The molecule has 0 aliphatic carbocycles. The lowest BCUT2D eigenvalue weighted by molar-refractivity contribution is -0.115. The van der Waals surface area contributed by atoms with Crippen molar-refractivity contribution in [2.45, 2.75) is 0 Å². The van der Waals surface area contributed by atoms with Gasteiger partial charge in [-0.3, -0.25) is 4.79 Å². The number of nitrogens with one attached hydrogen (secondary N) is 1. The van der Waals surface area contributed by atoms with Gasteiger partial charge in [-0.05, 0) is 42.1 Å². The number of amides is 1.